The Morgan fingerprint density at radius 1 is 1.67 bits per heavy atom. The van der Waals surface area contributed by atoms with Gasteiger partial charge in [0, 0.05) is 12.3 Å². The lowest BCUT2D eigenvalue weighted by Gasteiger charge is -1.85. The molecule has 1 nitrogen and oxygen atoms in total. The van der Waals surface area contributed by atoms with E-state index in [1.165, 1.54) is 18.6 Å². The van der Waals surface area contributed by atoms with Gasteiger partial charge in [-0.05, 0) is 25.3 Å². The van der Waals surface area contributed by atoms with Crippen molar-refractivity contribution in [2.75, 3.05) is 6.54 Å². The zero-order valence-electron chi connectivity index (χ0n) is 5.93. The van der Waals surface area contributed by atoms with Crippen molar-refractivity contribution in [3.63, 3.8) is 0 Å². The lowest BCUT2D eigenvalue weighted by atomic mass is 10.2. The van der Waals surface area contributed by atoms with Crippen molar-refractivity contribution in [1.82, 2.24) is 0 Å². The van der Waals surface area contributed by atoms with Crippen molar-refractivity contribution in [2.24, 2.45) is 4.99 Å². The standard InChI is InChI=1S/C8H13N/c1-2-3-5-8-6-4-7-9-8/h3,5H,2,4,6-7H2,1H3/b5-3+. The van der Waals surface area contributed by atoms with E-state index in [0.717, 1.165) is 13.0 Å². The molecule has 1 heteroatoms. The number of nitrogens with zero attached hydrogens (tertiary/aromatic N) is 1. The molecule has 0 saturated heterocycles. The molecule has 0 aromatic heterocycles. The van der Waals surface area contributed by atoms with Crippen LogP contribution in [0.2, 0.25) is 0 Å². The second-order valence-electron chi connectivity index (χ2n) is 2.29. The van der Waals surface area contributed by atoms with Gasteiger partial charge in [0.25, 0.3) is 0 Å². The Morgan fingerprint density at radius 2 is 2.56 bits per heavy atom. The van der Waals surface area contributed by atoms with Crippen LogP contribution in [0.4, 0.5) is 0 Å². The Bertz CT molecular complexity index is 134. The average Bonchev–Trinajstić information content (AvgIpc) is 2.34. The van der Waals surface area contributed by atoms with Gasteiger partial charge in [-0.1, -0.05) is 13.0 Å². The SMILES string of the molecule is CC/C=C/C1=NCCC1. The maximum Gasteiger partial charge on any atom is 0.0396 e. The summed E-state index contributed by atoms with van der Waals surface area (Å²) >= 11 is 0. The van der Waals surface area contributed by atoms with Crippen molar-refractivity contribution in [3.8, 4) is 0 Å². The summed E-state index contributed by atoms with van der Waals surface area (Å²) < 4.78 is 0. The topological polar surface area (TPSA) is 12.4 Å². The van der Waals surface area contributed by atoms with Gasteiger partial charge in [-0.3, -0.25) is 4.99 Å². The smallest absolute Gasteiger partial charge is 0.0396 e. The predicted octanol–water partition coefficient (Wildman–Crippen LogP) is 2.19. The Hall–Kier alpha value is -0.590. The lowest BCUT2D eigenvalue weighted by Crippen LogP contribution is -1.83. The molecule has 0 fully saturated rings. The van der Waals surface area contributed by atoms with Gasteiger partial charge in [0.1, 0.15) is 0 Å². The molecule has 0 amide bonds. The van der Waals surface area contributed by atoms with Gasteiger partial charge in [0.2, 0.25) is 0 Å². The van der Waals surface area contributed by atoms with E-state index in [4.69, 9.17) is 0 Å². The monoisotopic (exact) mass is 123 g/mol. The zero-order chi connectivity index (χ0) is 6.53. The largest absolute Gasteiger partial charge is 0.290 e. The van der Waals surface area contributed by atoms with Crippen LogP contribution in [-0.2, 0) is 0 Å². The van der Waals surface area contributed by atoms with Crippen LogP contribution in [0.25, 0.3) is 0 Å². The lowest BCUT2D eigenvalue weighted by molar-refractivity contribution is 0.951. The molecule has 1 heterocycles. The van der Waals surface area contributed by atoms with Crippen molar-refractivity contribution in [1.29, 1.82) is 0 Å². The summed E-state index contributed by atoms with van der Waals surface area (Å²) in [5, 5.41) is 0. The zero-order valence-corrected chi connectivity index (χ0v) is 5.93. The third-order valence-corrected chi connectivity index (χ3v) is 1.45. The highest BCUT2D eigenvalue weighted by Gasteiger charge is 1.99. The summed E-state index contributed by atoms with van der Waals surface area (Å²) in [5.41, 5.74) is 1.29. The maximum absolute atomic E-state index is 4.30. The first-order valence-electron chi connectivity index (χ1n) is 3.63. The first kappa shape index (κ1) is 6.53. The van der Waals surface area contributed by atoms with E-state index in [-0.39, 0.29) is 0 Å². The van der Waals surface area contributed by atoms with Crippen LogP contribution in [0.1, 0.15) is 26.2 Å². The minimum Gasteiger partial charge on any atom is -0.290 e. The molecule has 0 aromatic rings. The summed E-state index contributed by atoms with van der Waals surface area (Å²) in [4.78, 5) is 4.30. The molecular weight excluding hydrogens is 110 g/mol. The minimum atomic E-state index is 1.05. The van der Waals surface area contributed by atoms with Crippen LogP contribution >= 0.6 is 0 Å². The minimum absolute atomic E-state index is 1.05. The fraction of sp³-hybridized carbons (Fsp3) is 0.625. The third kappa shape index (κ3) is 2.00. The molecule has 0 bridgehead atoms. The molecule has 0 spiro atoms. The summed E-state index contributed by atoms with van der Waals surface area (Å²) in [5.74, 6) is 0. The molecular formula is C8H13N. The van der Waals surface area contributed by atoms with Gasteiger partial charge in [-0.2, -0.15) is 0 Å². The quantitative estimate of drug-likeness (QED) is 0.533. The normalized spacial score (nSPS) is 19.0. The molecule has 0 aromatic carbocycles. The van der Waals surface area contributed by atoms with E-state index < -0.39 is 0 Å². The van der Waals surface area contributed by atoms with Crippen LogP contribution in [0.5, 0.6) is 0 Å². The van der Waals surface area contributed by atoms with Crippen LogP contribution in [-0.4, -0.2) is 12.3 Å². The Morgan fingerprint density at radius 3 is 3.11 bits per heavy atom. The molecule has 0 N–H and O–H groups in total. The molecule has 0 atom stereocenters. The van der Waals surface area contributed by atoms with Gasteiger partial charge >= 0.3 is 0 Å². The molecule has 0 radical (unpaired) electrons. The fourth-order valence-electron chi connectivity index (χ4n) is 0.952. The highest BCUT2D eigenvalue weighted by molar-refractivity contribution is 5.95. The van der Waals surface area contributed by atoms with Crippen LogP contribution in [0.3, 0.4) is 0 Å². The Balaban J connectivity index is 2.34. The van der Waals surface area contributed by atoms with Crippen LogP contribution in [0.15, 0.2) is 17.1 Å². The molecule has 1 aliphatic rings. The average molecular weight is 123 g/mol. The third-order valence-electron chi connectivity index (χ3n) is 1.45. The Kier molecular flexibility index (Phi) is 2.49. The predicted molar refractivity (Wildman–Crippen MR) is 41.0 cm³/mol. The molecule has 1 rings (SSSR count). The van der Waals surface area contributed by atoms with E-state index in [9.17, 15) is 0 Å². The highest BCUT2D eigenvalue weighted by Crippen LogP contribution is 2.04. The fourth-order valence-corrected chi connectivity index (χ4v) is 0.952. The number of allylic oxidation sites excluding steroid dienone is 2. The second-order valence-corrected chi connectivity index (χ2v) is 2.29. The first-order valence-corrected chi connectivity index (χ1v) is 3.63. The molecule has 50 valence electrons. The van der Waals surface area contributed by atoms with Crippen LogP contribution in [0, 0.1) is 0 Å². The summed E-state index contributed by atoms with van der Waals surface area (Å²) in [7, 11) is 0. The number of hydrogen-bond donors (Lipinski definition) is 0. The molecule has 0 unspecified atom stereocenters. The van der Waals surface area contributed by atoms with Gasteiger partial charge < -0.3 is 0 Å². The van der Waals surface area contributed by atoms with E-state index in [2.05, 4.69) is 24.1 Å². The van der Waals surface area contributed by atoms with E-state index >= 15 is 0 Å². The molecule has 9 heavy (non-hydrogen) atoms. The van der Waals surface area contributed by atoms with E-state index in [1.54, 1.807) is 0 Å². The molecule has 1 aliphatic heterocycles. The summed E-state index contributed by atoms with van der Waals surface area (Å²) in [6.07, 6.45) is 7.88. The van der Waals surface area contributed by atoms with Gasteiger partial charge in [-0.15, -0.1) is 0 Å². The number of rotatable bonds is 2. The summed E-state index contributed by atoms with van der Waals surface area (Å²) in [6, 6.07) is 0. The highest BCUT2D eigenvalue weighted by atomic mass is 14.8. The Labute approximate surface area is 56.5 Å². The van der Waals surface area contributed by atoms with Gasteiger partial charge in [-0.25, -0.2) is 0 Å². The number of hydrogen-bond acceptors (Lipinski definition) is 1. The van der Waals surface area contributed by atoms with Gasteiger partial charge in [0.05, 0.1) is 0 Å². The summed E-state index contributed by atoms with van der Waals surface area (Å²) in [6.45, 7) is 3.19. The number of aliphatic imine (C=N–C) groups is 1. The van der Waals surface area contributed by atoms with Gasteiger partial charge in [0.15, 0.2) is 0 Å². The molecule has 0 saturated carbocycles. The van der Waals surface area contributed by atoms with Crippen molar-refractivity contribution in [3.05, 3.63) is 12.2 Å². The van der Waals surface area contributed by atoms with E-state index in [1.807, 2.05) is 0 Å². The van der Waals surface area contributed by atoms with E-state index in [0.29, 0.717) is 0 Å². The van der Waals surface area contributed by atoms with Crippen LogP contribution < -0.4 is 0 Å². The second kappa shape index (κ2) is 3.44. The first-order chi connectivity index (χ1) is 4.43. The van der Waals surface area contributed by atoms with Crippen molar-refractivity contribution < 1.29 is 0 Å². The molecule has 0 aliphatic carbocycles. The maximum atomic E-state index is 4.30. The van der Waals surface area contributed by atoms with Crippen molar-refractivity contribution >= 4 is 5.71 Å². The van der Waals surface area contributed by atoms with Crippen molar-refractivity contribution in [2.45, 2.75) is 26.2 Å².